The van der Waals surface area contributed by atoms with Gasteiger partial charge in [-0.15, -0.1) is 0 Å². The molecule has 1 aliphatic heterocycles. The van der Waals surface area contributed by atoms with Gasteiger partial charge in [0.25, 0.3) is 0 Å². The molecule has 3 rings (SSSR count). The first-order chi connectivity index (χ1) is 11.8. The SMILES string of the molecule is NC(CC1NC(C2CC2)CC(C(F)(F)F)N1)C(=O)NC1CCCCC1. The fourth-order valence-corrected chi connectivity index (χ4v) is 4.05. The molecule has 1 amide bonds. The van der Waals surface area contributed by atoms with Crippen molar-refractivity contribution in [3.8, 4) is 0 Å². The number of hydrogen-bond acceptors (Lipinski definition) is 4. The minimum absolute atomic E-state index is 0.0498. The molecule has 0 bridgehead atoms. The summed E-state index contributed by atoms with van der Waals surface area (Å²) in [5, 5.41) is 8.79. The van der Waals surface area contributed by atoms with Crippen LogP contribution < -0.4 is 21.7 Å². The number of halogens is 3. The van der Waals surface area contributed by atoms with Gasteiger partial charge in [0, 0.05) is 12.1 Å². The Morgan fingerprint density at radius 3 is 2.40 bits per heavy atom. The molecule has 4 atom stereocenters. The fourth-order valence-electron chi connectivity index (χ4n) is 4.05. The molecular formula is C17H29F3N4O. The van der Waals surface area contributed by atoms with E-state index < -0.39 is 24.4 Å². The van der Waals surface area contributed by atoms with E-state index in [0.29, 0.717) is 5.92 Å². The highest BCUT2D eigenvalue weighted by Crippen LogP contribution is 2.38. The molecule has 5 N–H and O–H groups in total. The van der Waals surface area contributed by atoms with E-state index in [2.05, 4.69) is 16.0 Å². The second-order valence-corrected chi connectivity index (χ2v) is 7.85. The maximum absolute atomic E-state index is 13.2. The van der Waals surface area contributed by atoms with E-state index in [9.17, 15) is 18.0 Å². The molecule has 2 saturated carbocycles. The predicted molar refractivity (Wildman–Crippen MR) is 88.6 cm³/mol. The van der Waals surface area contributed by atoms with Crippen LogP contribution in [0.1, 0.15) is 57.8 Å². The third-order valence-corrected chi connectivity index (χ3v) is 5.67. The van der Waals surface area contributed by atoms with Gasteiger partial charge in [0.05, 0.1) is 12.2 Å². The molecule has 0 aromatic carbocycles. The zero-order valence-corrected chi connectivity index (χ0v) is 14.4. The maximum Gasteiger partial charge on any atom is 0.403 e. The predicted octanol–water partition coefficient (Wildman–Crippen LogP) is 1.77. The van der Waals surface area contributed by atoms with E-state index in [0.717, 1.165) is 38.5 Å². The Kier molecular flexibility index (Phi) is 5.90. The Balaban J connectivity index is 1.53. The number of nitrogens with two attached hydrogens (primary N) is 1. The van der Waals surface area contributed by atoms with Crippen molar-refractivity contribution in [3.05, 3.63) is 0 Å². The molecule has 5 nitrogen and oxygen atoms in total. The van der Waals surface area contributed by atoms with Crippen LogP contribution in [-0.2, 0) is 4.79 Å². The zero-order valence-electron chi connectivity index (χ0n) is 14.4. The molecular weight excluding hydrogens is 333 g/mol. The standard InChI is InChI=1S/C17H29F3N4O/c18-17(19,20)14-9-13(10-6-7-10)23-15(24-14)8-12(21)16(25)22-11-4-2-1-3-5-11/h10-15,23-24H,1-9,21H2,(H,22,25). The first-order valence-corrected chi connectivity index (χ1v) is 9.47. The second-order valence-electron chi connectivity index (χ2n) is 7.85. The van der Waals surface area contributed by atoms with Crippen LogP contribution in [0.15, 0.2) is 0 Å². The highest BCUT2D eigenvalue weighted by molar-refractivity contribution is 5.81. The van der Waals surface area contributed by atoms with E-state index in [-0.39, 0.29) is 30.8 Å². The summed E-state index contributed by atoms with van der Waals surface area (Å²) < 4.78 is 39.5. The van der Waals surface area contributed by atoms with Gasteiger partial charge in [-0.25, -0.2) is 0 Å². The summed E-state index contributed by atoms with van der Waals surface area (Å²) in [5.74, 6) is 0.0642. The summed E-state index contributed by atoms with van der Waals surface area (Å²) in [5.41, 5.74) is 5.98. The van der Waals surface area contributed by atoms with Crippen LogP contribution in [0.2, 0.25) is 0 Å². The van der Waals surface area contributed by atoms with Crippen LogP contribution in [0, 0.1) is 5.92 Å². The van der Waals surface area contributed by atoms with E-state index in [4.69, 9.17) is 5.73 Å². The van der Waals surface area contributed by atoms with Crippen LogP contribution in [0.4, 0.5) is 13.2 Å². The Hall–Kier alpha value is -0.860. The first kappa shape index (κ1) is 18.9. The fraction of sp³-hybridized carbons (Fsp3) is 0.941. The Bertz CT molecular complexity index is 463. The molecule has 4 unspecified atom stereocenters. The number of hydrogen-bond donors (Lipinski definition) is 4. The monoisotopic (exact) mass is 362 g/mol. The normalized spacial score (nSPS) is 33.0. The molecule has 2 aliphatic carbocycles. The molecule has 0 aromatic rings. The smallest absolute Gasteiger partial charge is 0.352 e. The lowest BCUT2D eigenvalue weighted by atomic mass is 9.94. The van der Waals surface area contributed by atoms with Crippen molar-refractivity contribution in [3.63, 3.8) is 0 Å². The zero-order chi connectivity index (χ0) is 18.0. The lowest BCUT2D eigenvalue weighted by Gasteiger charge is -2.39. The number of amides is 1. The number of carbonyl (C=O) groups excluding carboxylic acids is 1. The van der Waals surface area contributed by atoms with Gasteiger partial charge in [-0.1, -0.05) is 19.3 Å². The van der Waals surface area contributed by atoms with Crippen molar-refractivity contribution < 1.29 is 18.0 Å². The Labute approximate surface area is 146 Å². The van der Waals surface area contributed by atoms with Crippen molar-refractivity contribution >= 4 is 5.91 Å². The number of alkyl halides is 3. The molecule has 3 fully saturated rings. The van der Waals surface area contributed by atoms with Crippen LogP contribution >= 0.6 is 0 Å². The third-order valence-electron chi connectivity index (χ3n) is 5.67. The van der Waals surface area contributed by atoms with E-state index in [1.165, 1.54) is 6.42 Å². The highest BCUT2D eigenvalue weighted by atomic mass is 19.4. The number of rotatable bonds is 5. The summed E-state index contributed by atoms with van der Waals surface area (Å²) in [7, 11) is 0. The molecule has 144 valence electrons. The highest BCUT2D eigenvalue weighted by Gasteiger charge is 2.48. The largest absolute Gasteiger partial charge is 0.403 e. The van der Waals surface area contributed by atoms with Crippen molar-refractivity contribution in [1.82, 2.24) is 16.0 Å². The number of nitrogens with one attached hydrogen (secondary N) is 3. The third kappa shape index (κ3) is 5.31. The minimum Gasteiger partial charge on any atom is -0.352 e. The van der Waals surface area contributed by atoms with Crippen LogP contribution in [0.3, 0.4) is 0 Å². The van der Waals surface area contributed by atoms with Gasteiger partial charge in [-0.2, -0.15) is 13.2 Å². The van der Waals surface area contributed by atoms with E-state index >= 15 is 0 Å². The summed E-state index contributed by atoms with van der Waals surface area (Å²) in [6, 6.07) is -2.33. The van der Waals surface area contributed by atoms with Gasteiger partial charge in [-0.3, -0.25) is 15.4 Å². The summed E-state index contributed by atoms with van der Waals surface area (Å²) in [4.78, 5) is 12.3. The second kappa shape index (κ2) is 7.80. The van der Waals surface area contributed by atoms with Crippen molar-refractivity contribution in [2.45, 2.75) is 94.3 Å². The molecule has 8 heteroatoms. The maximum atomic E-state index is 13.2. The van der Waals surface area contributed by atoms with Gasteiger partial charge in [-0.05, 0) is 44.4 Å². The lowest BCUT2D eigenvalue weighted by molar-refractivity contribution is -0.167. The van der Waals surface area contributed by atoms with Crippen LogP contribution in [0.25, 0.3) is 0 Å². The van der Waals surface area contributed by atoms with Gasteiger partial charge >= 0.3 is 6.18 Å². The van der Waals surface area contributed by atoms with E-state index in [1.807, 2.05) is 0 Å². The van der Waals surface area contributed by atoms with Gasteiger partial charge in [0.2, 0.25) is 5.91 Å². The van der Waals surface area contributed by atoms with Gasteiger partial charge < -0.3 is 11.1 Å². The summed E-state index contributed by atoms with van der Waals surface area (Å²) in [6.45, 7) is 0. The summed E-state index contributed by atoms with van der Waals surface area (Å²) in [6.07, 6.45) is 2.60. The van der Waals surface area contributed by atoms with Crippen molar-refractivity contribution in [1.29, 1.82) is 0 Å². The quantitative estimate of drug-likeness (QED) is 0.601. The average Bonchev–Trinajstić information content (AvgIpc) is 3.39. The van der Waals surface area contributed by atoms with Gasteiger partial charge in [0.1, 0.15) is 6.04 Å². The molecule has 3 aliphatic rings. The van der Waals surface area contributed by atoms with Gasteiger partial charge in [0.15, 0.2) is 0 Å². The van der Waals surface area contributed by atoms with Crippen molar-refractivity contribution in [2.75, 3.05) is 0 Å². The molecule has 0 radical (unpaired) electrons. The van der Waals surface area contributed by atoms with E-state index in [1.54, 1.807) is 0 Å². The molecule has 1 saturated heterocycles. The first-order valence-electron chi connectivity index (χ1n) is 9.47. The molecule has 1 heterocycles. The molecule has 0 spiro atoms. The van der Waals surface area contributed by atoms with Crippen LogP contribution in [-0.4, -0.2) is 42.4 Å². The topological polar surface area (TPSA) is 79.2 Å². The van der Waals surface area contributed by atoms with Crippen molar-refractivity contribution in [2.24, 2.45) is 11.7 Å². The number of carbonyl (C=O) groups is 1. The molecule has 25 heavy (non-hydrogen) atoms. The Morgan fingerprint density at radius 1 is 1.12 bits per heavy atom. The van der Waals surface area contributed by atoms with Crippen LogP contribution in [0.5, 0.6) is 0 Å². The Morgan fingerprint density at radius 2 is 1.80 bits per heavy atom. The summed E-state index contributed by atoms with van der Waals surface area (Å²) >= 11 is 0. The average molecular weight is 362 g/mol. The molecule has 0 aromatic heterocycles. The lowest BCUT2D eigenvalue weighted by Crippen LogP contribution is -2.64. The minimum atomic E-state index is -4.28.